The monoisotopic (exact) mass is 339 g/mol. The quantitative estimate of drug-likeness (QED) is 0.614. The summed E-state index contributed by atoms with van der Waals surface area (Å²) in [6, 6.07) is 11.6. The predicted octanol–water partition coefficient (Wildman–Crippen LogP) is 5.50. The first-order chi connectivity index (χ1) is 8.74. The number of nitrogens with zero attached hydrogens (tertiary/aromatic N) is 1. The molecule has 0 saturated heterocycles. The van der Waals surface area contributed by atoms with E-state index in [0.29, 0.717) is 5.19 Å². The molecule has 0 aliphatic carbocycles. The number of benzene rings is 2. The number of ether oxygens (including phenoxy) is 1. The topological polar surface area (TPSA) is 22.1 Å². The van der Waals surface area contributed by atoms with E-state index in [1.807, 2.05) is 41.8 Å². The van der Waals surface area contributed by atoms with Crippen LogP contribution in [-0.2, 0) is 0 Å². The molecule has 0 spiro atoms. The second kappa shape index (κ2) is 4.88. The number of thiazole rings is 1. The highest BCUT2D eigenvalue weighted by atomic mass is 79.9. The Bertz CT molecular complexity index is 713. The van der Waals surface area contributed by atoms with Crippen LogP contribution in [-0.4, -0.2) is 4.98 Å². The van der Waals surface area contributed by atoms with Crippen LogP contribution in [0, 0.1) is 0 Å². The third-order valence-electron chi connectivity index (χ3n) is 2.48. The number of hydrogen-bond donors (Lipinski definition) is 0. The molecule has 90 valence electrons. The molecule has 0 N–H and O–H groups in total. The average molecular weight is 341 g/mol. The van der Waals surface area contributed by atoms with Gasteiger partial charge in [0.25, 0.3) is 5.19 Å². The van der Waals surface area contributed by atoms with Crippen molar-refractivity contribution in [3.8, 4) is 10.9 Å². The number of rotatable bonds is 2. The predicted molar refractivity (Wildman–Crippen MR) is 78.8 cm³/mol. The molecule has 0 aliphatic heterocycles. The molecule has 5 heteroatoms. The highest BCUT2D eigenvalue weighted by Gasteiger charge is 2.08. The van der Waals surface area contributed by atoms with Gasteiger partial charge in [-0.1, -0.05) is 47.2 Å². The highest BCUT2D eigenvalue weighted by Crippen LogP contribution is 2.35. The zero-order chi connectivity index (χ0) is 12.5. The van der Waals surface area contributed by atoms with Gasteiger partial charge in [-0.25, -0.2) is 0 Å². The lowest BCUT2D eigenvalue weighted by atomic mass is 10.1. The molecular weight excluding hydrogens is 334 g/mol. The first-order valence-electron chi connectivity index (χ1n) is 5.20. The number of halogens is 2. The third kappa shape index (κ3) is 2.23. The minimum absolute atomic E-state index is 0.606. The maximum absolute atomic E-state index is 6.16. The van der Waals surface area contributed by atoms with Crippen LogP contribution in [0.4, 0.5) is 0 Å². The number of aromatic nitrogens is 1. The standard InChI is InChI=1S/C13H7BrClNOS/c14-12-7-18-13(16-12)17-11-6-5-10(15)8-3-1-2-4-9(8)11/h1-7H. The summed E-state index contributed by atoms with van der Waals surface area (Å²) in [6.07, 6.45) is 0. The summed E-state index contributed by atoms with van der Waals surface area (Å²) in [4.78, 5) is 4.22. The van der Waals surface area contributed by atoms with Crippen molar-refractivity contribution < 1.29 is 4.74 Å². The fourth-order valence-corrected chi connectivity index (χ4v) is 3.03. The second-order valence-electron chi connectivity index (χ2n) is 3.63. The Hall–Kier alpha value is -1.10. The zero-order valence-electron chi connectivity index (χ0n) is 9.06. The van der Waals surface area contributed by atoms with Gasteiger partial charge in [0.1, 0.15) is 10.4 Å². The van der Waals surface area contributed by atoms with Crippen molar-refractivity contribution in [1.82, 2.24) is 4.98 Å². The molecule has 3 rings (SSSR count). The third-order valence-corrected chi connectivity index (χ3v) is 4.24. The van der Waals surface area contributed by atoms with Crippen LogP contribution < -0.4 is 4.74 Å². The van der Waals surface area contributed by atoms with Gasteiger partial charge in [-0.05, 0) is 28.1 Å². The molecule has 0 radical (unpaired) electrons. The smallest absolute Gasteiger partial charge is 0.279 e. The molecule has 3 aromatic rings. The summed E-state index contributed by atoms with van der Waals surface area (Å²) in [5.41, 5.74) is 0. The fraction of sp³-hybridized carbons (Fsp3) is 0. The molecule has 18 heavy (non-hydrogen) atoms. The van der Waals surface area contributed by atoms with E-state index in [0.717, 1.165) is 26.1 Å². The molecule has 2 nitrogen and oxygen atoms in total. The van der Waals surface area contributed by atoms with Gasteiger partial charge < -0.3 is 4.74 Å². The van der Waals surface area contributed by atoms with Crippen LogP contribution in [0.25, 0.3) is 10.8 Å². The van der Waals surface area contributed by atoms with Crippen LogP contribution in [0.15, 0.2) is 46.4 Å². The second-order valence-corrected chi connectivity index (χ2v) is 5.67. The first-order valence-corrected chi connectivity index (χ1v) is 7.25. The lowest BCUT2D eigenvalue weighted by molar-refractivity contribution is 0.483. The Balaban J connectivity index is 2.09. The molecule has 0 bridgehead atoms. The Morgan fingerprint density at radius 3 is 2.61 bits per heavy atom. The van der Waals surface area contributed by atoms with Crippen molar-refractivity contribution in [2.45, 2.75) is 0 Å². The molecule has 1 heterocycles. The number of hydrogen-bond acceptors (Lipinski definition) is 3. The van der Waals surface area contributed by atoms with Crippen molar-refractivity contribution in [2.24, 2.45) is 0 Å². The SMILES string of the molecule is Clc1ccc(Oc2nc(Br)cs2)c2ccccc12. The van der Waals surface area contributed by atoms with E-state index < -0.39 is 0 Å². The fourth-order valence-electron chi connectivity index (χ4n) is 1.70. The van der Waals surface area contributed by atoms with Gasteiger partial charge in [-0.2, -0.15) is 4.98 Å². The van der Waals surface area contributed by atoms with Crippen molar-refractivity contribution in [3.05, 3.63) is 51.4 Å². The highest BCUT2D eigenvalue weighted by molar-refractivity contribution is 9.10. The lowest BCUT2D eigenvalue weighted by Crippen LogP contribution is -1.85. The molecule has 2 aromatic carbocycles. The molecule has 1 aromatic heterocycles. The molecule has 0 aliphatic rings. The normalized spacial score (nSPS) is 10.8. The van der Waals surface area contributed by atoms with Gasteiger partial charge >= 0.3 is 0 Å². The maximum Gasteiger partial charge on any atom is 0.279 e. The van der Waals surface area contributed by atoms with Crippen LogP contribution in [0.2, 0.25) is 5.02 Å². The van der Waals surface area contributed by atoms with Gasteiger partial charge in [0.05, 0.1) is 0 Å². The van der Waals surface area contributed by atoms with Crippen molar-refractivity contribution in [3.63, 3.8) is 0 Å². The lowest BCUT2D eigenvalue weighted by Gasteiger charge is -2.07. The molecular formula is C13H7BrClNOS. The van der Waals surface area contributed by atoms with Gasteiger partial charge in [-0.15, -0.1) is 0 Å². The van der Waals surface area contributed by atoms with Gasteiger partial charge in [0, 0.05) is 21.2 Å². The summed E-state index contributed by atoms with van der Waals surface area (Å²) >= 11 is 10.9. The van der Waals surface area contributed by atoms with E-state index in [1.54, 1.807) is 0 Å². The molecule has 0 fully saturated rings. The Kier molecular flexibility index (Phi) is 3.24. The van der Waals surface area contributed by atoms with E-state index in [2.05, 4.69) is 20.9 Å². The summed E-state index contributed by atoms with van der Waals surface area (Å²) < 4.78 is 6.56. The molecule has 0 amide bonds. The van der Waals surface area contributed by atoms with E-state index in [1.165, 1.54) is 11.3 Å². The largest absolute Gasteiger partial charge is 0.430 e. The molecule has 0 saturated carbocycles. The zero-order valence-corrected chi connectivity index (χ0v) is 12.2. The van der Waals surface area contributed by atoms with Crippen LogP contribution in [0.1, 0.15) is 0 Å². The van der Waals surface area contributed by atoms with E-state index in [-0.39, 0.29) is 0 Å². The Morgan fingerprint density at radius 1 is 1.11 bits per heavy atom. The Labute approximate surface area is 121 Å². The maximum atomic E-state index is 6.16. The van der Waals surface area contributed by atoms with Crippen LogP contribution in [0.5, 0.6) is 10.9 Å². The summed E-state index contributed by atoms with van der Waals surface area (Å²) in [7, 11) is 0. The molecule has 0 unspecified atom stereocenters. The summed E-state index contributed by atoms with van der Waals surface area (Å²) in [6.45, 7) is 0. The molecule has 0 atom stereocenters. The van der Waals surface area contributed by atoms with E-state index in [4.69, 9.17) is 16.3 Å². The van der Waals surface area contributed by atoms with Crippen LogP contribution in [0.3, 0.4) is 0 Å². The van der Waals surface area contributed by atoms with Gasteiger partial charge in [-0.3, -0.25) is 0 Å². The van der Waals surface area contributed by atoms with Crippen molar-refractivity contribution in [1.29, 1.82) is 0 Å². The van der Waals surface area contributed by atoms with E-state index >= 15 is 0 Å². The Morgan fingerprint density at radius 2 is 1.89 bits per heavy atom. The number of fused-ring (bicyclic) bond motifs is 1. The van der Waals surface area contributed by atoms with Crippen molar-refractivity contribution >= 4 is 49.6 Å². The van der Waals surface area contributed by atoms with Gasteiger partial charge in [0.2, 0.25) is 0 Å². The minimum atomic E-state index is 0.606. The minimum Gasteiger partial charge on any atom is -0.430 e. The van der Waals surface area contributed by atoms with Crippen LogP contribution >= 0.6 is 38.9 Å². The van der Waals surface area contributed by atoms with Gasteiger partial charge in [0.15, 0.2) is 0 Å². The van der Waals surface area contributed by atoms with Crippen molar-refractivity contribution in [2.75, 3.05) is 0 Å². The van der Waals surface area contributed by atoms with E-state index in [9.17, 15) is 0 Å². The summed E-state index contributed by atoms with van der Waals surface area (Å²) in [5.74, 6) is 0.761. The first kappa shape index (κ1) is 12.0. The average Bonchev–Trinajstić information content (AvgIpc) is 2.79. The summed E-state index contributed by atoms with van der Waals surface area (Å²) in [5, 5.41) is 5.17.